The van der Waals surface area contributed by atoms with Gasteiger partial charge >= 0.3 is 0 Å². The first kappa shape index (κ1) is 15.6. The average Bonchev–Trinajstić information content (AvgIpc) is 3.03. The van der Waals surface area contributed by atoms with Gasteiger partial charge in [-0.1, -0.05) is 0 Å². The first-order valence-electron chi connectivity index (χ1n) is 6.74. The molecule has 116 valence electrons. The fourth-order valence-corrected chi connectivity index (χ4v) is 3.30. The minimum atomic E-state index is -0.302. The quantitative estimate of drug-likeness (QED) is 0.708. The highest BCUT2D eigenvalue weighted by Gasteiger charge is 2.12. The van der Waals surface area contributed by atoms with Gasteiger partial charge in [0.2, 0.25) is 5.91 Å². The van der Waals surface area contributed by atoms with E-state index in [1.807, 2.05) is 12.1 Å². The van der Waals surface area contributed by atoms with Crippen LogP contribution in [-0.4, -0.2) is 21.6 Å². The molecule has 3 aromatic rings. The number of anilines is 1. The van der Waals surface area contributed by atoms with Crippen molar-refractivity contribution < 1.29 is 9.18 Å². The van der Waals surface area contributed by atoms with Gasteiger partial charge in [-0.2, -0.15) is 0 Å². The summed E-state index contributed by atoms with van der Waals surface area (Å²) in [6.07, 6.45) is 3.38. The number of halogens is 1. The predicted octanol–water partition coefficient (Wildman–Crippen LogP) is 4.08. The summed E-state index contributed by atoms with van der Waals surface area (Å²) in [5, 5.41) is 3.52. The summed E-state index contributed by atoms with van der Waals surface area (Å²) in [5.41, 5.74) is 3.08. The minimum Gasteiger partial charge on any atom is -0.315 e. The van der Waals surface area contributed by atoms with Gasteiger partial charge in [-0.3, -0.25) is 9.78 Å². The molecule has 0 saturated carbocycles. The van der Waals surface area contributed by atoms with Crippen molar-refractivity contribution in [1.82, 2.24) is 9.97 Å². The monoisotopic (exact) mass is 345 g/mol. The van der Waals surface area contributed by atoms with Crippen LogP contribution in [0.3, 0.4) is 0 Å². The summed E-state index contributed by atoms with van der Waals surface area (Å²) in [7, 11) is 0. The number of carbonyl (C=O) groups is 1. The first-order valence-corrected chi connectivity index (χ1v) is 8.61. The van der Waals surface area contributed by atoms with E-state index < -0.39 is 0 Å². The molecule has 3 rings (SSSR count). The molecule has 7 heteroatoms. The number of carbonyl (C=O) groups excluding carboxylic acids is 1. The number of pyridine rings is 1. The van der Waals surface area contributed by atoms with E-state index in [0.717, 1.165) is 10.5 Å². The van der Waals surface area contributed by atoms with Crippen LogP contribution in [0.25, 0.3) is 11.3 Å². The maximum atomic E-state index is 13.0. The summed E-state index contributed by atoms with van der Waals surface area (Å²) in [6.45, 7) is 0. The Balaban J connectivity index is 1.65. The lowest BCUT2D eigenvalue weighted by atomic mass is 10.1. The Morgan fingerprint density at radius 1 is 1.17 bits per heavy atom. The lowest BCUT2D eigenvalue weighted by Gasteiger charge is -2.05. The Hall–Kier alpha value is -2.25. The molecule has 0 unspecified atom stereocenters. The van der Waals surface area contributed by atoms with Crippen LogP contribution >= 0.6 is 23.1 Å². The Morgan fingerprint density at radius 3 is 2.65 bits per heavy atom. The number of hydrogen-bond acceptors (Lipinski definition) is 5. The molecule has 0 spiro atoms. The number of rotatable bonds is 5. The van der Waals surface area contributed by atoms with Crippen LogP contribution < -0.4 is 5.32 Å². The fraction of sp³-hybridized carbons (Fsp3) is 0.0625. The third kappa shape index (κ3) is 4.14. The molecule has 4 nitrogen and oxygen atoms in total. The minimum absolute atomic E-state index is 0.112. The number of nitrogens with zero attached hydrogens (tertiary/aromatic N) is 2. The number of benzene rings is 1. The molecule has 1 aromatic carbocycles. The highest BCUT2D eigenvalue weighted by atomic mass is 32.2. The van der Waals surface area contributed by atoms with Crippen molar-refractivity contribution in [2.24, 2.45) is 0 Å². The van der Waals surface area contributed by atoms with E-state index in [-0.39, 0.29) is 11.7 Å². The van der Waals surface area contributed by atoms with Crippen molar-refractivity contribution in [3.63, 3.8) is 0 Å². The maximum absolute atomic E-state index is 13.0. The number of aromatic nitrogens is 2. The molecule has 1 amide bonds. The lowest BCUT2D eigenvalue weighted by Crippen LogP contribution is -2.13. The van der Waals surface area contributed by atoms with Crippen LogP contribution in [0.1, 0.15) is 0 Å². The van der Waals surface area contributed by atoms with Gasteiger partial charge in [-0.05, 0) is 36.4 Å². The van der Waals surface area contributed by atoms with Crippen LogP contribution in [0.4, 0.5) is 9.39 Å². The summed E-state index contributed by atoms with van der Waals surface area (Å²) in [5.74, 6) is -0.118. The number of thiazole rings is 1. The van der Waals surface area contributed by atoms with Crippen molar-refractivity contribution in [1.29, 1.82) is 0 Å². The third-order valence-electron chi connectivity index (χ3n) is 2.96. The van der Waals surface area contributed by atoms with E-state index in [1.165, 1.54) is 35.2 Å². The van der Waals surface area contributed by atoms with Crippen molar-refractivity contribution >= 4 is 34.0 Å². The number of nitrogens with one attached hydrogen (secondary N) is 1. The standard InChI is InChI=1S/C16H12FN3OS2/c17-12-3-1-11(2-4-12)15-16(23-10-19-15)20-14(21)9-22-13-5-7-18-8-6-13/h1-8,10H,9H2,(H,20,21). The smallest absolute Gasteiger partial charge is 0.235 e. The second kappa shape index (κ2) is 7.34. The zero-order valence-corrected chi connectivity index (χ0v) is 13.5. The molecule has 0 fully saturated rings. The molecule has 0 bridgehead atoms. The molecular formula is C16H12FN3OS2. The van der Waals surface area contributed by atoms with Gasteiger partial charge < -0.3 is 5.32 Å². The average molecular weight is 345 g/mol. The van der Waals surface area contributed by atoms with Gasteiger partial charge in [0, 0.05) is 22.9 Å². The maximum Gasteiger partial charge on any atom is 0.235 e. The summed E-state index contributed by atoms with van der Waals surface area (Å²) >= 11 is 2.78. The summed E-state index contributed by atoms with van der Waals surface area (Å²) < 4.78 is 13.0. The zero-order chi connectivity index (χ0) is 16.1. The van der Waals surface area contributed by atoms with Gasteiger partial charge in [0.1, 0.15) is 16.5 Å². The van der Waals surface area contributed by atoms with Crippen molar-refractivity contribution in [2.45, 2.75) is 4.90 Å². The van der Waals surface area contributed by atoms with Gasteiger partial charge in [0.15, 0.2) is 0 Å². The van der Waals surface area contributed by atoms with Crippen molar-refractivity contribution in [3.8, 4) is 11.3 Å². The van der Waals surface area contributed by atoms with Crippen molar-refractivity contribution in [3.05, 3.63) is 60.1 Å². The molecule has 0 atom stereocenters. The third-order valence-corrected chi connectivity index (χ3v) is 4.71. The Kier molecular flexibility index (Phi) is 4.99. The number of thioether (sulfide) groups is 1. The normalized spacial score (nSPS) is 10.5. The van der Waals surface area contributed by atoms with E-state index in [9.17, 15) is 9.18 Å². The summed E-state index contributed by atoms with van der Waals surface area (Å²) in [6, 6.07) is 9.75. The van der Waals surface area contributed by atoms with Crippen LogP contribution in [-0.2, 0) is 4.79 Å². The molecule has 0 radical (unpaired) electrons. The van der Waals surface area contributed by atoms with E-state index >= 15 is 0 Å². The molecule has 0 aliphatic carbocycles. The second-order valence-corrected chi connectivity index (χ2v) is 6.46. The highest BCUT2D eigenvalue weighted by molar-refractivity contribution is 8.00. The molecule has 1 N–H and O–H groups in total. The lowest BCUT2D eigenvalue weighted by molar-refractivity contribution is -0.113. The SMILES string of the molecule is O=C(CSc1ccncc1)Nc1scnc1-c1ccc(F)cc1. The second-order valence-electron chi connectivity index (χ2n) is 4.56. The Morgan fingerprint density at radius 2 is 1.91 bits per heavy atom. The van der Waals surface area contributed by atoms with Crippen LogP contribution in [0.5, 0.6) is 0 Å². The van der Waals surface area contributed by atoms with E-state index in [2.05, 4.69) is 15.3 Å². The van der Waals surface area contributed by atoms with Crippen LogP contribution in [0.2, 0.25) is 0 Å². The molecule has 23 heavy (non-hydrogen) atoms. The van der Waals surface area contributed by atoms with Crippen molar-refractivity contribution in [2.75, 3.05) is 11.1 Å². The first-order chi connectivity index (χ1) is 11.2. The fourth-order valence-electron chi connectivity index (χ4n) is 1.89. The van der Waals surface area contributed by atoms with Gasteiger partial charge in [0.05, 0.1) is 11.3 Å². The number of hydrogen-bond donors (Lipinski definition) is 1. The van der Waals surface area contributed by atoms with E-state index in [4.69, 9.17) is 0 Å². The summed E-state index contributed by atoms with van der Waals surface area (Å²) in [4.78, 5) is 21.3. The largest absolute Gasteiger partial charge is 0.315 e. The van der Waals surface area contributed by atoms with Gasteiger partial charge in [-0.25, -0.2) is 9.37 Å². The van der Waals surface area contributed by atoms with Gasteiger partial charge in [0.25, 0.3) is 0 Å². The highest BCUT2D eigenvalue weighted by Crippen LogP contribution is 2.30. The molecule has 0 aliphatic rings. The molecule has 0 saturated heterocycles. The van der Waals surface area contributed by atoms with Crippen LogP contribution in [0, 0.1) is 5.82 Å². The van der Waals surface area contributed by atoms with E-state index in [0.29, 0.717) is 16.4 Å². The molecular weight excluding hydrogens is 333 g/mol. The zero-order valence-electron chi connectivity index (χ0n) is 11.9. The Bertz CT molecular complexity index is 791. The molecule has 0 aliphatic heterocycles. The van der Waals surface area contributed by atoms with Crippen LogP contribution in [0.15, 0.2) is 59.2 Å². The number of amides is 1. The van der Waals surface area contributed by atoms with E-state index in [1.54, 1.807) is 30.0 Å². The predicted molar refractivity (Wildman–Crippen MR) is 91.1 cm³/mol. The molecule has 2 aromatic heterocycles. The Labute approximate surface area is 140 Å². The van der Waals surface area contributed by atoms with Gasteiger partial charge in [-0.15, -0.1) is 23.1 Å². The molecule has 2 heterocycles. The topological polar surface area (TPSA) is 54.9 Å².